The first-order valence-electron chi connectivity index (χ1n) is 19.1. The third kappa shape index (κ3) is 8.55. The van der Waals surface area contributed by atoms with E-state index >= 15 is 0 Å². The minimum atomic E-state index is -7.99. The first-order valence-corrected chi connectivity index (χ1v) is 19.1. The minimum absolute atomic E-state index is 0.111. The molecule has 342 valence electrons. The van der Waals surface area contributed by atoms with Crippen LogP contribution >= 0.6 is 0 Å². The molecule has 2 unspecified atom stereocenters. The highest BCUT2D eigenvalue weighted by Crippen LogP contribution is 2.61. The van der Waals surface area contributed by atoms with Crippen molar-refractivity contribution in [2.45, 2.75) is 107 Å². The van der Waals surface area contributed by atoms with Gasteiger partial charge in [0.25, 0.3) is 0 Å². The number of benzene rings is 3. The second-order valence-corrected chi connectivity index (χ2v) is 16.5. The third-order valence-corrected chi connectivity index (χ3v) is 10.7. The van der Waals surface area contributed by atoms with Crippen molar-refractivity contribution in [1.29, 1.82) is 0 Å². The molecule has 1 fully saturated rings. The fourth-order valence-electron chi connectivity index (χ4n) is 7.62. The van der Waals surface area contributed by atoms with Crippen molar-refractivity contribution in [2.24, 2.45) is 5.92 Å². The van der Waals surface area contributed by atoms with Crippen molar-refractivity contribution in [3.8, 4) is 0 Å². The van der Waals surface area contributed by atoms with Gasteiger partial charge < -0.3 is 9.47 Å². The first-order chi connectivity index (χ1) is 28.9. The number of nitrogens with zero attached hydrogens (tertiary/aromatic N) is 1. The van der Waals surface area contributed by atoms with Crippen LogP contribution < -0.4 is 0 Å². The summed E-state index contributed by atoms with van der Waals surface area (Å²) in [4.78, 5) is 44.6. The number of ether oxygens (including phenoxy) is 2. The third-order valence-electron chi connectivity index (χ3n) is 10.7. The van der Waals surface area contributed by atoms with E-state index in [0.717, 1.165) is 24.3 Å². The number of carbonyl (C=O) groups excluding carboxylic acids is 3. The standard InChI is InChI=1S/C44H40F13NO5/c1-25(2)31-33-30(32(34(31)59)29-14-10-7-11-15-29)23-58(38(33,35(60)63-37(3,4)5)22-27-12-8-6-9-13-27)36(61)62-24-28-18-16-26(17-19-28)20-21-39(45,46)40(47,48)41(49,50)42(51,52)43(53,54)44(55,56)57/h6-19,33H,20-24H2,1-5H3. The molecule has 63 heavy (non-hydrogen) atoms. The average molecular weight is 910 g/mol. The smallest absolute Gasteiger partial charge is 0.458 e. The molecule has 0 saturated carbocycles. The van der Waals surface area contributed by atoms with E-state index in [9.17, 15) is 71.5 Å². The van der Waals surface area contributed by atoms with Gasteiger partial charge in [-0.1, -0.05) is 90.5 Å². The van der Waals surface area contributed by atoms with Crippen molar-refractivity contribution in [3.63, 3.8) is 0 Å². The number of hydrogen-bond donors (Lipinski definition) is 0. The second kappa shape index (κ2) is 16.6. The highest BCUT2D eigenvalue weighted by Gasteiger charge is 2.90. The number of likely N-dealkylation sites (tertiary alicyclic amines) is 1. The summed E-state index contributed by atoms with van der Waals surface area (Å²) in [5.74, 6) is -39.5. The number of ketones is 1. The van der Waals surface area contributed by atoms with Gasteiger partial charge in [-0.3, -0.25) is 9.69 Å². The van der Waals surface area contributed by atoms with E-state index < -0.39 is 84.4 Å². The monoisotopic (exact) mass is 909 g/mol. The molecule has 6 nitrogen and oxygen atoms in total. The summed E-state index contributed by atoms with van der Waals surface area (Å²) in [5.41, 5.74) is -0.539. The summed E-state index contributed by atoms with van der Waals surface area (Å²) in [5, 5.41) is 0. The molecule has 1 heterocycles. The maximum Gasteiger partial charge on any atom is 0.460 e. The van der Waals surface area contributed by atoms with Crippen molar-refractivity contribution >= 4 is 23.4 Å². The number of alkyl halides is 13. The Bertz CT molecular complexity index is 2260. The molecule has 1 aliphatic heterocycles. The Balaban J connectivity index is 1.44. The van der Waals surface area contributed by atoms with Gasteiger partial charge in [0.15, 0.2) is 11.3 Å². The van der Waals surface area contributed by atoms with Crippen LogP contribution in [0.2, 0.25) is 0 Å². The number of allylic oxidation sites excluding steroid dienone is 2. The summed E-state index contributed by atoms with van der Waals surface area (Å²) in [7, 11) is 0. The van der Waals surface area contributed by atoms with Gasteiger partial charge in [-0.25, -0.2) is 9.59 Å². The van der Waals surface area contributed by atoms with Crippen molar-refractivity contribution < 1.29 is 80.9 Å². The van der Waals surface area contributed by atoms with E-state index in [2.05, 4.69) is 0 Å². The second-order valence-electron chi connectivity index (χ2n) is 16.5. The number of fused-ring (bicyclic) bond motifs is 1. The SMILES string of the molecule is CC(C)=C1C(=O)C(c2ccccc2)=C2CN(C(=O)OCc3ccc(CCC(F)(F)C(F)(F)C(F)(F)C(F)(F)C(F)(F)C(F)(F)F)cc3)C(Cc3ccccc3)(C(=O)OC(C)(C)C)C21. The number of halogens is 13. The molecule has 2 aliphatic rings. The number of amides is 1. The fraction of sp³-hybridized carbons (Fsp3) is 0.432. The Morgan fingerprint density at radius 2 is 1.19 bits per heavy atom. The van der Waals surface area contributed by atoms with Gasteiger partial charge in [-0.15, -0.1) is 0 Å². The summed E-state index contributed by atoms with van der Waals surface area (Å²) in [6.07, 6.45) is -12.4. The Labute approximate surface area is 352 Å². The maximum absolute atomic E-state index is 14.8. The predicted octanol–water partition coefficient (Wildman–Crippen LogP) is 11.6. The van der Waals surface area contributed by atoms with Gasteiger partial charge in [-0.05, 0) is 68.9 Å². The summed E-state index contributed by atoms with van der Waals surface area (Å²) < 4.78 is 188. The summed E-state index contributed by atoms with van der Waals surface area (Å²) >= 11 is 0. The highest BCUT2D eigenvalue weighted by atomic mass is 19.4. The van der Waals surface area contributed by atoms with Gasteiger partial charge >= 0.3 is 47.9 Å². The molecule has 1 saturated heterocycles. The molecule has 5 rings (SSSR count). The number of Topliss-reactive ketones (excluding diaryl/α,β-unsaturated/α-hetero) is 1. The lowest BCUT2D eigenvalue weighted by Gasteiger charge is -2.41. The Morgan fingerprint density at radius 3 is 1.70 bits per heavy atom. The molecule has 0 N–H and O–H groups in total. The van der Waals surface area contributed by atoms with E-state index in [1.807, 2.05) is 0 Å². The van der Waals surface area contributed by atoms with Crippen molar-refractivity contribution in [2.75, 3.05) is 6.54 Å². The Kier molecular flexibility index (Phi) is 12.9. The van der Waals surface area contributed by atoms with Crippen LogP contribution in [0.5, 0.6) is 0 Å². The quantitative estimate of drug-likeness (QED) is 0.0970. The van der Waals surface area contributed by atoms with Gasteiger partial charge in [-0.2, -0.15) is 57.1 Å². The maximum atomic E-state index is 14.8. The van der Waals surface area contributed by atoms with Crippen LogP contribution in [0.4, 0.5) is 61.9 Å². The zero-order valence-electron chi connectivity index (χ0n) is 34.1. The molecular weight excluding hydrogens is 869 g/mol. The van der Waals surface area contributed by atoms with Crippen molar-refractivity contribution in [1.82, 2.24) is 4.90 Å². The molecule has 0 spiro atoms. The van der Waals surface area contributed by atoms with E-state index in [-0.39, 0.29) is 41.0 Å². The lowest BCUT2D eigenvalue weighted by molar-refractivity contribution is -0.440. The van der Waals surface area contributed by atoms with Crippen molar-refractivity contribution in [3.05, 3.63) is 124 Å². The number of hydrogen-bond acceptors (Lipinski definition) is 5. The van der Waals surface area contributed by atoms with Crippen LogP contribution in [0.15, 0.2) is 102 Å². The highest BCUT2D eigenvalue weighted by molar-refractivity contribution is 6.33. The van der Waals surface area contributed by atoms with Crippen LogP contribution in [0.3, 0.4) is 0 Å². The molecule has 1 aliphatic carbocycles. The van der Waals surface area contributed by atoms with E-state index in [4.69, 9.17) is 9.47 Å². The van der Waals surface area contributed by atoms with E-state index in [1.54, 1.807) is 95.3 Å². The number of rotatable bonds is 13. The zero-order valence-corrected chi connectivity index (χ0v) is 34.1. The number of carbonyl (C=O) groups is 3. The molecule has 0 bridgehead atoms. The summed E-state index contributed by atoms with van der Waals surface area (Å²) in [6.45, 7) is 7.40. The van der Waals surface area contributed by atoms with Gasteiger partial charge in [0, 0.05) is 36.5 Å². The lowest BCUT2D eigenvalue weighted by atomic mass is 9.74. The Hall–Kier alpha value is -5.36. The molecule has 19 heteroatoms. The number of esters is 1. The minimum Gasteiger partial charge on any atom is -0.458 e. The Morgan fingerprint density at radius 1 is 0.683 bits per heavy atom. The fourth-order valence-corrected chi connectivity index (χ4v) is 7.62. The van der Waals surface area contributed by atoms with E-state index in [1.165, 1.54) is 4.90 Å². The van der Waals surface area contributed by atoms with Gasteiger partial charge in [0.2, 0.25) is 0 Å². The molecule has 3 aromatic rings. The van der Waals surface area contributed by atoms with Crippen LogP contribution in [0.1, 0.15) is 63.3 Å². The zero-order chi connectivity index (χ0) is 47.4. The van der Waals surface area contributed by atoms with E-state index in [0.29, 0.717) is 22.3 Å². The number of aryl methyl sites for hydroxylation is 1. The average Bonchev–Trinajstić information content (AvgIpc) is 3.66. The van der Waals surface area contributed by atoms with Gasteiger partial charge in [0.05, 0.1) is 0 Å². The van der Waals surface area contributed by atoms with Gasteiger partial charge in [0.1, 0.15) is 12.2 Å². The summed E-state index contributed by atoms with van der Waals surface area (Å²) in [6, 6.07) is 21.4. The lowest BCUT2D eigenvalue weighted by Crippen LogP contribution is -2.70. The topological polar surface area (TPSA) is 72.9 Å². The molecule has 0 radical (unpaired) electrons. The molecule has 2 atom stereocenters. The van der Waals surface area contributed by atoms with Crippen LogP contribution in [-0.4, -0.2) is 76.2 Å². The van der Waals surface area contributed by atoms with Crippen LogP contribution in [0.25, 0.3) is 5.57 Å². The van der Waals surface area contributed by atoms with Crippen LogP contribution in [-0.2, 0) is 38.5 Å². The normalized spacial score (nSPS) is 19.1. The molecular formula is C44H40F13NO5. The predicted molar refractivity (Wildman–Crippen MR) is 201 cm³/mol. The molecule has 3 aromatic carbocycles. The van der Waals surface area contributed by atoms with Crippen LogP contribution in [0, 0.1) is 5.92 Å². The molecule has 1 amide bonds. The largest absolute Gasteiger partial charge is 0.460 e. The molecule has 0 aromatic heterocycles. The first kappa shape index (κ1) is 48.7.